The van der Waals surface area contributed by atoms with Crippen LogP contribution in [0.15, 0.2) is 18.2 Å². The van der Waals surface area contributed by atoms with Gasteiger partial charge in [-0.2, -0.15) is 0 Å². The first-order valence-electron chi connectivity index (χ1n) is 5.63. The molecule has 1 aliphatic rings. The molecule has 1 saturated carbocycles. The maximum absolute atomic E-state index is 9.49. The third-order valence-corrected chi connectivity index (χ3v) is 3.12. The third kappa shape index (κ3) is 1.73. The van der Waals surface area contributed by atoms with Crippen molar-refractivity contribution in [2.24, 2.45) is 5.92 Å². The highest BCUT2D eigenvalue weighted by atomic mass is 16.3. The SMILES string of the molecule is Nc1ncnc2c1ncn2/C=C1\CC1[C@@H](O)CO. The first-order chi connectivity index (χ1) is 8.70. The van der Waals surface area contributed by atoms with Crippen molar-refractivity contribution in [2.75, 3.05) is 12.3 Å². The number of aliphatic hydroxyl groups excluding tert-OH is 2. The second kappa shape index (κ2) is 4.04. The van der Waals surface area contributed by atoms with E-state index in [4.69, 9.17) is 10.8 Å². The molecule has 4 N–H and O–H groups in total. The number of nitrogens with zero attached hydrogens (tertiary/aromatic N) is 4. The van der Waals surface area contributed by atoms with E-state index >= 15 is 0 Å². The molecule has 2 heterocycles. The first kappa shape index (κ1) is 11.1. The zero-order valence-corrected chi connectivity index (χ0v) is 9.56. The molecule has 1 unspecified atom stereocenters. The van der Waals surface area contributed by atoms with Crippen molar-refractivity contribution in [1.29, 1.82) is 0 Å². The van der Waals surface area contributed by atoms with E-state index in [1.807, 2.05) is 6.20 Å². The Labute approximate surface area is 103 Å². The lowest BCUT2D eigenvalue weighted by molar-refractivity contribution is 0.0815. The van der Waals surface area contributed by atoms with Gasteiger partial charge in [0.05, 0.1) is 12.7 Å². The van der Waals surface area contributed by atoms with Gasteiger partial charge in [0.1, 0.15) is 12.7 Å². The Morgan fingerprint density at radius 2 is 2.33 bits per heavy atom. The molecule has 0 bridgehead atoms. The number of nitrogen functional groups attached to an aromatic ring is 1. The Balaban J connectivity index is 1.93. The van der Waals surface area contributed by atoms with Crippen LogP contribution >= 0.6 is 0 Å². The summed E-state index contributed by atoms with van der Waals surface area (Å²) in [5, 5.41) is 18.4. The molecule has 0 amide bonds. The fourth-order valence-corrected chi connectivity index (χ4v) is 2.00. The molecule has 94 valence electrons. The van der Waals surface area contributed by atoms with Crippen LogP contribution < -0.4 is 5.73 Å². The van der Waals surface area contributed by atoms with Crippen LogP contribution in [0.3, 0.4) is 0 Å². The number of aliphatic hydroxyl groups is 2. The highest BCUT2D eigenvalue weighted by molar-refractivity contribution is 5.82. The summed E-state index contributed by atoms with van der Waals surface area (Å²) in [5.74, 6) is 0.381. The van der Waals surface area contributed by atoms with E-state index in [1.54, 1.807) is 10.9 Å². The van der Waals surface area contributed by atoms with Gasteiger partial charge in [0, 0.05) is 12.1 Å². The van der Waals surface area contributed by atoms with Gasteiger partial charge < -0.3 is 15.9 Å². The summed E-state index contributed by atoms with van der Waals surface area (Å²) in [6.07, 6.45) is 4.96. The lowest BCUT2D eigenvalue weighted by atomic mass is 10.2. The monoisotopic (exact) mass is 247 g/mol. The summed E-state index contributed by atoms with van der Waals surface area (Å²) in [4.78, 5) is 12.1. The number of nitrogens with two attached hydrogens (primary N) is 1. The fourth-order valence-electron chi connectivity index (χ4n) is 2.00. The van der Waals surface area contributed by atoms with Gasteiger partial charge in [0.15, 0.2) is 17.0 Å². The van der Waals surface area contributed by atoms with Crippen molar-refractivity contribution in [2.45, 2.75) is 12.5 Å². The molecular weight excluding hydrogens is 234 g/mol. The maximum atomic E-state index is 9.49. The summed E-state index contributed by atoms with van der Waals surface area (Å²) in [5.41, 5.74) is 7.96. The molecule has 0 aliphatic heterocycles. The number of rotatable bonds is 3. The lowest BCUT2D eigenvalue weighted by Gasteiger charge is -2.01. The number of hydrogen-bond acceptors (Lipinski definition) is 6. The second-order valence-electron chi connectivity index (χ2n) is 4.35. The molecule has 18 heavy (non-hydrogen) atoms. The average molecular weight is 247 g/mol. The fraction of sp³-hybridized carbons (Fsp3) is 0.364. The molecule has 2 aromatic heterocycles. The van der Waals surface area contributed by atoms with E-state index in [0.717, 1.165) is 12.0 Å². The normalized spacial score (nSPS) is 22.6. The number of aromatic nitrogens is 4. The van der Waals surface area contributed by atoms with Crippen molar-refractivity contribution in [1.82, 2.24) is 19.5 Å². The van der Waals surface area contributed by atoms with Gasteiger partial charge >= 0.3 is 0 Å². The molecule has 0 aromatic carbocycles. The van der Waals surface area contributed by atoms with Crippen LogP contribution in [0.4, 0.5) is 5.82 Å². The molecule has 0 radical (unpaired) electrons. The molecule has 2 aromatic rings. The maximum Gasteiger partial charge on any atom is 0.169 e. The largest absolute Gasteiger partial charge is 0.394 e. The van der Waals surface area contributed by atoms with Crippen molar-refractivity contribution in [3.8, 4) is 0 Å². The van der Waals surface area contributed by atoms with Crippen molar-refractivity contribution in [3.05, 3.63) is 18.2 Å². The van der Waals surface area contributed by atoms with Crippen LogP contribution in [0.5, 0.6) is 0 Å². The van der Waals surface area contributed by atoms with Gasteiger partial charge in [0.25, 0.3) is 0 Å². The Hall–Kier alpha value is -1.99. The minimum Gasteiger partial charge on any atom is -0.394 e. The van der Waals surface area contributed by atoms with Gasteiger partial charge in [-0.25, -0.2) is 15.0 Å². The molecule has 1 aliphatic carbocycles. The summed E-state index contributed by atoms with van der Waals surface area (Å²) in [6.45, 7) is -0.220. The Kier molecular flexibility index (Phi) is 2.49. The summed E-state index contributed by atoms with van der Waals surface area (Å²) in [7, 11) is 0. The zero-order chi connectivity index (χ0) is 12.7. The van der Waals surface area contributed by atoms with E-state index in [1.165, 1.54) is 6.33 Å². The first-order valence-corrected chi connectivity index (χ1v) is 5.63. The van der Waals surface area contributed by atoms with Gasteiger partial charge in [-0.3, -0.25) is 4.57 Å². The lowest BCUT2D eigenvalue weighted by Crippen LogP contribution is -2.14. The van der Waals surface area contributed by atoms with Crippen molar-refractivity contribution >= 4 is 23.2 Å². The summed E-state index contributed by atoms with van der Waals surface area (Å²) in [6, 6.07) is 0. The number of anilines is 1. The van der Waals surface area contributed by atoms with E-state index in [2.05, 4.69) is 15.0 Å². The molecule has 2 atom stereocenters. The van der Waals surface area contributed by atoms with Crippen LogP contribution in [0.25, 0.3) is 17.4 Å². The van der Waals surface area contributed by atoms with Gasteiger partial charge in [-0.15, -0.1) is 0 Å². The predicted molar refractivity (Wildman–Crippen MR) is 65.2 cm³/mol. The van der Waals surface area contributed by atoms with E-state index in [-0.39, 0.29) is 12.5 Å². The van der Waals surface area contributed by atoms with Crippen molar-refractivity contribution in [3.63, 3.8) is 0 Å². The van der Waals surface area contributed by atoms with Crippen LogP contribution in [-0.2, 0) is 0 Å². The average Bonchev–Trinajstić information content (AvgIpc) is 3.02. The van der Waals surface area contributed by atoms with Crippen LogP contribution in [-0.4, -0.2) is 42.4 Å². The molecule has 3 rings (SSSR count). The molecule has 1 fully saturated rings. The Morgan fingerprint density at radius 3 is 3.11 bits per heavy atom. The summed E-state index contributed by atoms with van der Waals surface area (Å²) >= 11 is 0. The zero-order valence-electron chi connectivity index (χ0n) is 9.56. The topological polar surface area (TPSA) is 110 Å². The molecule has 7 nitrogen and oxygen atoms in total. The van der Waals surface area contributed by atoms with E-state index in [0.29, 0.717) is 17.0 Å². The van der Waals surface area contributed by atoms with Gasteiger partial charge in [0.2, 0.25) is 0 Å². The molecular formula is C11H13N5O2. The highest BCUT2D eigenvalue weighted by Crippen LogP contribution is 2.41. The number of imidazole rings is 1. The Morgan fingerprint density at radius 1 is 1.50 bits per heavy atom. The number of fused-ring (bicyclic) bond motifs is 1. The van der Waals surface area contributed by atoms with E-state index in [9.17, 15) is 5.11 Å². The highest BCUT2D eigenvalue weighted by Gasteiger charge is 2.36. The molecule has 7 heteroatoms. The van der Waals surface area contributed by atoms with Gasteiger partial charge in [-0.1, -0.05) is 0 Å². The Bertz CT molecular complexity index is 621. The molecule has 0 spiro atoms. The standard InChI is InChI=1S/C11H13N5O2/c12-10-9-11(14-4-13-10)16(5-15-9)2-6-1-7(6)8(18)3-17/h2,4-5,7-8,17-18H,1,3H2,(H2,12,13,14)/b6-2+/t7?,8-/m0/s1. The summed E-state index contributed by atoms with van der Waals surface area (Å²) < 4.78 is 1.76. The minimum absolute atomic E-state index is 0.0339. The van der Waals surface area contributed by atoms with Gasteiger partial charge in [-0.05, 0) is 12.0 Å². The second-order valence-corrected chi connectivity index (χ2v) is 4.35. The van der Waals surface area contributed by atoms with E-state index < -0.39 is 6.10 Å². The van der Waals surface area contributed by atoms with Crippen LogP contribution in [0.2, 0.25) is 0 Å². The quantitative estimate of drug-likeness (QED) is 0.682. The smallest absolute Gasteiger partial charge is 0.169 e. The number of hydrogen-bond donors (Lipinski definition) is 3. The predicted octanol–water partition coefficient (Wildman–Crippen LogP) is -0.378. The van der Waals surface area contributed by atoms with Crippen molar-refractivity contribution < 1.29 is 10.2 Å². The third-order valence-electron chi connectivity index (χ3n) is 3.12. The van der Waals surface area contributed by atoms with Crippen LogP contribution in [0.1, 0.15) is 6.42 Å². The van der Waals surface area contributed by atoms with Crippen LogP contribution in [0, 0.1) is 5.92 Å². The molecule has 0 saturated heterocycles. The minimum atomic E-state index is -0.689.